The van der Waals surface area contributed by atoms with Crippen molar-refractivity contribution in [1.29, 1.82) is 0 Å². The highest BCUT2D eigenvalue weighted by atomic mass is 19.4. The van der Waals surface area contributed by atoms with Crippen LogP contribution in [0.1, 0.15) is 42.5 Å². The average molecular weight is 642 g/mol. The SMILES string of the molecule is CN1N(Cc2cccc(F)c2F)C(=O)C(C(=O)Nc2ccc(C(F)(F)F)cc2-c2cc(C(F)(F)F)ncn2)=C(O)C12CCCC2. The van der Waals surface area contributed by atoms with Gasteiger partial charge in [-0.1, -0.05) is 25.0 Å². The molecule has 0 unspecified atom stereocenters. The van der Waals surface area contributed by atoms with Crippen LogP contribution < -0.4 is 5.32 Å². The summed E-state index contributed by atoms with van der Waals surface area (Å²) in [6, 6.07) is 5.52. The Kier molecular flexibility index (Phi) is 8.06. The molecule has 0 atom stereocenters. The van der Waals surface area contributed by atoms with Crippen LogP contribution in [0.5, 0.6) is 0 Å². The molecule has 1 aliphatic heterocycles. The standard InChI is InChI=1S/C29H23F8N5O3/c1-41-27(9-2-3-10-27)24(43)22(26(45)42(41)13-15-5-4-6-18(30)23(15)31)25(44)40-19-8-7-16(28(32,33)34)11-17(19)20-12-21(29(35,36)37)39-14-38-20/h4-8,11-12,14,43H,2-3,9-10,13H2,1H3,(H,40,44). The second kappa shape index (κ2) is 11.4. The number of benzene rings is 2. The minimum atomic E-state index is -4.97. The fourth-order valence-electron chi connectivity index (χ4n) is 5.60. The van der Waals surface area contributed by atoms with Gasteiger partial charge < -0.3 is 10.4 Å². The largest absolute Gasteiger partial charge is 0.509 e. The third-order valence-electron chi connectivity index (χ3n) is 7.95. The van der Waals surface area contributed by atoms with E-state index in [0.29, 0.717) is 37.4 Å². The van der Waals surface area contributed by atoms with E-state index >= 15 is 0 Å². The van der Waals surface area contributed by atoms with Gasteiger partial charge in [0.1, 0.15) is 23.4 Å². The van der Waals surface area contributed by atoms with E-state index in [2.05, 4.69) is 15.3 Å². The minimum absolute atomic E-state index is 0.237. The number of nitrogens with zero attached hydrogens (tertiary/aromatic N) is 4. The molecule has 238 valence electrons. The predicted molar refractivity (Wildman–Crippen MR) is 142 cm³/mol. The lowest BCUT2D eigenvalue weighted by Gasteiger charge is -2.48. The molecule has 1 aromatic heterocycles. The molecule has 2 N–H and O–H groups in total. The van der Waals surface area contributed by atoms with E-state index in [1.54, 1.807) is 0 Å². The minimum Gasteiger partial charge on any atom is -0.509 e. The third-order valence-corrected chi connectivity index (χ3v) is 7.95. The molecular weight excluding hydrogens is 618 g/mol. The summed E-state index contributed by atoms with van der Waals surface area (Å²) < 4.78 is 109. The number of nitrogens with one attached hydrogen (secondary N) is 1. The molecule has 3 aromatic rings. The van der Waals surface area contributed by atoms with E-state index in [1.807, 2.05) is 0 Å². The Balaban J connectivity index is 1.58. The maximum atomic E-state index is 14.6. The molecule has 1 spiro atoms. The van der Waals surface area contributed by atoms with Gasteiger partial charge in [-0.25, -0.2) is 23.8 Å². The molecule has 1 fully saturated rings. The lowest BCUT2D eigenvalue weighted by atomic mass is 9.88. The Morgan fingerprint density at radius 3 is 2.33 bits per heavy atom. The smallest absolute Gasteiger partial charge is 0.433 e. The molecule has 1 aliphatic carbocycles. The molecule has 45 heavy (non-hydrogen) atoms. The first-order valence-corrected chi connectivity index (χ1v) is 13.4. The summed E-state index contributed by atoms with van der Waals surface area (Å²) in [7, 11) is 1.44. The number of anilines is 1. The molecule has 16 heteroatoms. The van der Waals surface area contributed by atoms with Crippen molar-refractivity contribution in [3.05, 3.63) is 88.6 Å². The fourth-order valence-corrected chi connectivity index (χ4v) is 5.60. The Morgan fingerprint density at radius 2 is 1.69 bits per heavy atom. The Hall–Kier alpha value is -4.60. The lowest BCUT2D eigenvalue weighted by Crippen LogP contribution is -2.62. The number of amides is 2. The molecule has 2 aliphatic rings. The average Bonchev–Trinajstić information content (AvgIpc) is 3.47. The van der Waals surface area contributed by atoms with Crippen molar-refractivity contribution in [2.45, 2.75) is 50.1 Å². The number of likely N-dealkylation sites (N-methyl/N-ethyl adjacent to an activating group) is 1. The maximum Gasteiger partial charge on any atom is 0.433 e. The van der Waals surface area contributed by atoms with E-state index in [9.17, 15) is 49.8 Å². The van der Waals surface area contributed by atoms with E-state index in [-0.39, 0.29) is 18.4 Å². The number of aromatic nitrogens is 2. The number of hydrogen-bond donors (Lipinski definition) is 2. The van der Waals surface area contributed by atoms with Crippen LogP contribution in [0.4, 0.5) is 40.8 Å². The van der Waals surface area contributed by atoms with Crippen LogP contribution >= 0.6 is 0 Å². The number of halogens is 8. The van der Waals surface area contributed by atoms with Gasteiger partial charge in [0.25, 0.3) is 11.8 Å². The summed E-state index contributed by atoms with van der Waals surface area (Å²) in [5.41, 5.74) is -6.76. The quantitative estimate of drug-likeness (QED) is 0.247. The van der Waals surface area contributed by atoms with Crippen molar-refractivity contribution in [2.24, 2.45) is 0 Å². The summed E-state index contributed by atoms with van der Waals surface area (Å²) in [4.78, 5) is 34.2. The fraction of sp³-hybridized carbons (Fsp3) is 0.310. The molecule has 1 saturated carbocycles. The van der Waals surface area contributed by atoms with E-state index in [4.69, 9.17) is 0 Å². The summed E-state index contributed by atoms with van der Waals surface area (Å²) in [6.07, 6.45) is -7.76. The van der Waals surface area contributed by atoms with Crippen molar-refractivity contribution in [2.75, 3.05) is 12.4 Å². The van der Waals surface area contributed by atoms with Gasteiger partial charge in [-0.05, 0) is 43.2 Å². The first-order chi connectivity index (χ1) is 21.0. The maximum absolute atomic E-state index is 14.6. The highest BCUT2D eigenvalue weighted by Crippen LogP contribution is 2.45. The van der Waals surface area contributed by atoms with Crippen LogP contribution in [0.15, 0.2) is 60.1 Å². The number of alkyl halides is 6. The van der Waals surface area contributed by atoms with Crippen LogP contribution in [0, 0.1) is 11.6 Å². The highest BCUT2D eigenvalue weighted by Gasteiger charge is 2.53. The zero-order valence-corrected chi connectivity index (χ0v) is 23.2. The van der Waals surface area contributed by atoms with Crippen LogP contribution in [0.25, 0.3) is 11.3 Å². The van der Waals surface area contributed by atoms with Crippen LogP contribution in [-0.4, -0.2) is 49.5 Å². The molecule has 0 radical (unpaired) electrons. The van der Waals surface area contributed by atoms with E-state index in [1.165, 1.54) is 24.2 Å². The monoisotopic (exact) mass is 641 g/mol. The topological polar surface area (TPSA) is 98.7 Å². The van der Waals surface area contributed by atoms with Crippen molar-refractivity contribution in [3.63, 3.8) is 0 Å². The van der Waals surface area contributed by atoms with Gasteiger partial charge in [0.2, 0.25) is 0 Å². The molecule has 8 nitrogen and oxygen atoms in total. The van der Waals surface area contributed by atoms with Crippen molar-refractivity contribution < 1.29 is 49.8 Å². The molecule has 2 aromatic carbocycles. The summed E-state index contributed by atoms with van der Waals surface area (Å²) in [6.45, 7) is -0.544. The highest BCUT2D eigenvalue weighted by molar-refractivity contribution is 6.24. The first kappa shape index (κ1) is 31.8. The second-order valence-corrected chi connectivity index (χ2v) is 10.6. The lowest BCUT2D eigenvalue weighted by molar-refractivity contribution is -0.163. The van der Waals surface area contributed by atoms with Crippen molar-refractivity contribution in [3.8, 4) is 11.3 Å². The third kappa shape index (κ3) is 5.81. The van der Waals surface area contributed by atoms with Gasteiger partial charge in [0.15, 0.2) is 11.6 Å². The first-order valence-electron chi connectivity index (χ1n) is 13.4. The van der Waals surface area contributed by atoms with Crippen molar-refractivity contribution >= 4 is 17.5 Å². The number of aliphatic hydroxyl groups is 1. The van der Waals surface area contributed by atoms with Gasteiger partial charge in [-0.15, -0.1) is 0 Å². The molecule has 0 saturated heterocycles. The zero-order chi connectivity index (χ0) is 32.9. The molecule has 5 rings (SSSR count). The number of carbonyl (C=O) groups is 2. The van der Waals surface area contributed by atoms with Crippen molar-refractivity contribution in [1.82, 2.24) is 20.0 Å². The molecule has 2 amide bonds. The van der Waals surface area contributed by atoms with Crippen LogP contribution in [0.3, 0.4) is 0 Å². The Bertz CT molecular complexity index is 1700. The Labute approximate surface area is 250 Å². The van der Waals surface area contributed by atoms with E-state index in [0.717, 1.165) is 17.1 Å². The normalized spacial score (nSPS) is 17.4. The van der Waals surface area contributed by atoms with Gasteiger partial charge in [-0.3, -0.25) is 14.6 Å². The summed E-state index contributed by atoms with van der Waals surface area (Å²) in [5, 5.41) is 15.9. The van der Waals surface area contributed by atoms with Crippen LogP contribution in [0.2, 0.25) is 0 Å². The zero-order valence-electron chi connectivity index (χ0n) is 23.2. The van der Waals surface area contributed by atoms with Gasteiger partial charge in [0, 0.05) is 18.2 Å². The van der Waals surface area contributed by atoms with Gasteiger partial charge >= 0.3 is 12.4 Å². The Morgan fingerprint density at radius 1 is 1.00 bits per heavy atom. The molecule has 2 heterocycles. The molecular formula is C29H23F8N5O3. The summed E-state index contributed by atoms with van der Waals surface area (Å²) >= 11 is 0. The van der Waals surface area contributed by atoms with E-state index < -0.39 is 87.4 Å². The number of hydrazine groups is 1. The van der Waals surface area contributed by atoms with Gasteiger partial charge in [0.05, 0.1) is 29.0 Å². The van der Waals surface area contributed by atoms with Gasteiger partial charge in [-0.2, -0.15) is 26.3 Å². The predicted octanol–water partition coefficient (Wildman–Crippen LogP) is 6.41. The summed E-state index contributed by atoms with van der Waals surface area (Å²) in [5.74, 6) is -5.49. The second-order valence-electron chi connectivity index (χ2n) is 10.6. The number of aliphatic hydroxyl groups excluding tert-OH is 1. The molecule has 0 bridgehead atoms. The number of hydrogen-bond acceptors (Lipinski definition) is 6. The van der Waals surface area contributed by atoms with Crippen LogP contribution in [-0.2, 0) is 28.5 Å². The number of rotatable bonds is 5. The number of carbonyl (C=O) groups excluding carboxylic acids is 2.